The maximum absolute atomic E-state index is 14.0. The van der Waals surface area contributed by atoms with Gasteiger partial charge in [0.1, 0.15) is 0 Å². The van der Waals surface area contributed by atoms with Gasteiger partial charge in [0.05, 0.1) is 0 Å². The van der Waals surface area contributed by atoms with E-state index in [9.17, 15) is 4.57 Å². The van der Waals surface area contributed by atoms with Crippen molar-refractivity contribution in [3.63, 3.8) is 0 Å². The molecule has 3 aromatic rings. The van der Waals surface area contributed by atoms with Crippen LogP contribution in [0, 0.1) is 13.8 Å². The number of aryl methyl sites for hydroxylation is 2. The van der Waals surface area contributed by atoms with Gasteiger partial charge in [-0.15, -0.1) is 0 Å². The molecule has 0 radical (unpaired) electrons. The number of aromatic nitrogens is 2. The highest BCUT2D eigenvalue weighted by Gasteiger charge is 2.32. The van der Waals surface area contributed by atoms with Crippen molar-refractivity contribution in [2.45, 2.75) is 13.8 Å². The number of nitrogens with zero attached hydrogens (tertiary/aromatic N) is 2. The molecule has 0 atom stereocenters. The Bertz CT molecular complexity index is 768. The van der Waals surface area contributed by atoms with Crippen LogP contribution in [-0.2, 0) is 4.57 Å². The fraction of sp³-hybridized carbons (Fsp3) is 0.111. The zero-order valence-electron chi connectivity index (χ0n) is 12.6. The van der Waals surface area contributed by atoms with Gasteiger partial charge < -0.3 is 4.57 Å². The first-order valence-corrected chi connectivity index (χ1v) is 8.85. The summed E-state index contributed by atoms with van der Waals surface area (Å²) >= 11 is 0. The van der Waals surface area contributed by atoms with Crippen LogP contribution < -0.4 is 16.2 Å². The summed E-state index contributed by atoms with van der Waals surface area (Å²) in [5, 5.41) is 1.51. The molecule has 1 aromatic heterocycles. The van der Waals surface area contributed by atoms with Crippen molar-refractivity contribution in [3.8, 4) is 0 Å². The van der Waals surface area contributed by atoms with E-state index in [0.29, 0.717) is 5.57 Å². The molecule has 0 amide bonds. The molecule has 0 bridgehead atoms. The summed E-state index contributed by atoms with van der Waals surface area (Å²) in [5.74, 6) is 0. The van der Waals surface area contributed by atoms with Gasteiger partial charge in [-0.2, -0.15) is 0 Å². The quantitative estimate of drug-likeness (QED) is 0.699. The Balaban J connectivity index is 2.31. The maximum Gasteiger partial charge on any atom is 0.206 e. The van der Waals surface area contributed by atoms with E-state index < -0.39 is 7.14 Å². The van der Waals surface area contributed by atoms with Gasteiger partial charge in [-0.05, 0) is 19.9 Å². The molecule has 22 heavy (non-hydrogen) atoms. The Morgan fingerprint density at radius 2 is 1.14 bits per heavy atom. The molecule has 110 valence electrons. The van der Waals surface area contributed by atoms with Gasteiger partial charge in [-0.25, -0.2) is 9.97 Å². The highest BCUT2D eigenvalue weighted by molar-refractivity contribution is 7.84. The van der Waals surface area contributed by atoms with E-state index in [1.54, 1.807) is 0 Å². The van der Waals surface area contributed by atoms with Crippen LogP contribution in [0.3, 0.4) is 0 Å². The van der Waals surface area contributed by atoms with Crippen molar-refractivity contribution in [3.05, 3.63) is 78.1 Å². The molecule has 1 heterocycles. The van der Waals surface area contributed by atoms with E-state index in [0.717, 1.165) is 22.0 Å². The van der Waals surface area contributed by atoms with E-state index in [1.807, 2.05) is 80.6 Å². The van der Waals surface area contributed by atoms with Crippen molar-refractivity contribution >= 4 is 23.3 Å². The molecule has 0 aliphatic carbocycles. The van der Waals surface area contributed by atoms with Crippen LogP contribution in [0.1, 0.15) is 11.4 Å². The van der Waals surface area contributed by atoms with Crippen molar-refractivity contribution < 1.29 is 4.57 Å². The van der Waals surface area contributed by atoms with Gasteiger partial charge in [-0.1, -0.05) is 60.7 Å². The maximum atomic E-state index is 14.0. The first-order chi connectivity index (χ1) is 10.6. The number of rotatable bonds is 3. The van der Waals surface area contributed by atoms with Crippen LogP contribution in [0.15, 0.2) is 66.7 Å². The summed E-state index contributed by atoms with van der Waals surface area (Å²) in [5.41, 5.74) is 2.06. The van der Waals surface area contributed by atoms with E-state index in [2.05, 4.69) is 9.97 Å². The van der Waals surface area contributed by atoms with Gasteiger partial charge in [0, 0.05) is 22.0 Å². The lowest BCUT2D eigenvalue weighted by molar-refractivity contribution is 0.591. The molecule has 3 nitrogen and oxygen atoms in total. The van der Waals surface area contributed by atoms with E-state index >= 15 is 0 Å². The molecule has 2 aromatic carbocycles. The summed E-state index contributed by atoms with van der Waals surface area (Å²) in [6.07, 6.45) is 0. The minimum Gasteiger partial charge on any atom is -0.305 e. The third-order valence-corrected chi connectivity index (χ3v) is 6.31. The molecule has 0 fully saturated rings. The number of benzene rings is 2. The zero-order chi connectivity index (χ0) is 15.6. The predicted octanol–water partition coefficient (Wildman–Crippen LogP) is 2.73. The van der Waals surface area contributed by atoms with Crippen molar-refractivity contribution in [2.75, 3.05) is 0 Å². The molecule has 0 saturated heterocycles. The first-order valence-electron chi connectivity index (χ1n) is 7.15. The molecule has 0 saturated carbocycles. The summed E-state index contributed by atoms with van der Waals surface area (Å²) in [4.78, 5) is 8.97. The molecule has 4 heteroatoms. The van der Waals surface area contributed by atoms with Gasteiger partial charge in [0.15, 0.2) is 5.57 Å². The molecule has 0 unspecified atom stereocenters. The Labute approximate surface area is 130 Å². The molecule has 0 N–H and O–H groups in total. The van der Waals surface area contributed by atoms with Crippen molar-refractivity contribution in [2.24, 2.45) is 0 Å². The summed E-state index contributed by atoms with van der Waals surface area (Å²) in [7, 11) is -3.05. The topological polar surface area (TPSA) is 42.9 Å². The molecule has 3 rings (SSSR count). The second-order valence-corrected chi connectivity index (χ2v) is 7.88. The van der Waals surface area contributed by atoms with Gasteiger partial charge in [0.25, 0.3) is 0 Å². The molecular weight excluding hydrogens is 291 g/mol. The molecule has 0 aliphatic heterocycles. The number of hydrogen-bond acceptors (Lipinski definition) is 3. The second kappa shape index (κ2) is 5.86. The van der Waals surface area contributed by atoms with Gasteiger partial charge >= 0.3 is 0 Å². The lowest BCUT2D eigenvalue weighted by Gasteiger charge is -2.18. The third-order valence-electron chi connectivity index (χ3n) is 3.49. The summed E-state index contributed by atoms with van der Waals surface area (Å²) < 4.78 is 14.0. The first kappa shape index (κ1) is 14.7. The van der Waals surface area contributed by atoms with Crippen LogP contribution in [-0.4, -0.2) is 9.97 Å². The molecule has 0 aliphatic rings. The Morgan fingerprint density at radius 1 is 0.727 bits per heavy atom. The average Bonchev–Trinajstić information content (AvgIpc) is 2.55. The number of hydrogen-bond donors (Lipinski definition) is 0. The van der Waals surface area contributed by atoms with E-state index in [4.69, 9.17) is 0 Å². The van der Waals surface area contributed by atoms with Crippen LogP contribution in [0.5, 0.6) is 0 Å². The van der Waals surface area contributed by atoms with Crippen LogP contribution in [0.4, 0.5) is 0 Å². The zero-order valence-corrected chi connectivity index (χ0v) is 13.5. The van der Waals surface area contributed by atoms with E-state index in [-0.39, 0.29) is 0 Å². The monoisotopic (exact) mass is 308 g/mol. The van der Waals surface area contributed by atoms with Crippen molar-refractivity contribution in [1.29, 1.82) is 0 Å². The largest absolute Gasteiger partial charge is 0.305 e. The lowest BCUT2D eigenvalue weighted by atomic mass is 10.4. The molecule has 0 spiro atoms. The smallest absolute Gasteiger partial charge is 0.206 e. The van der Waals surface area contributed by atoms with E-state index in [1.165, 1.54) is 0 Å². The Kier molecular flexibility index (Phi) is 3.91. The van der Waals surface area contributed by atoms with Gasteiger partial charge in [-0.3, -0.25) is 0 Å². The minimum absolute atomic E-state index is 0.405. The van der Waals surface area contributed by atoms with Crippen LogP contribution in [0.25, 0.3) is 0 Å². The van der Waals surface area contributed by atoms with Crippen LogP contribution >= 0.6 is 7.14 Å². The fourth-order valence-electron chi connectivity index (χ4n) is 2.50. The van der Waals surface area contributed by atoms with Crippen LogP contribution in [0.2, 0.25) is 0 Å². The van der Waals surface area contributed by atoms with Gasteiger partial charge in [0.2, 0.25) is 7.14 Å². The predicted molar refractivity (Wildman–Crippen MR) is 90.9 cm³/mol. The summed E-state index contributed by atoms with van der Waals surface area (Å²) in [6.45, 7) is 3.80. The second-order valence-electron chi connectivity index (χ2n) is 5.23. The highest BCUT2D eigenvalue weighted by atomic mass is 31.2. The Morgan fingerprint density at radius 3 is 1.55 bits per heavy atom. The highest BCUT2D eigenvalue weighted by Crippen LogP contribution is 2.40. The minimum atomic E-state index is -3.05. The van der Waals surface area contributed by atoms with Crippen molar-refractivity contribution in [1.82, 2.24) is 9.97 Å². The standard InChI is InChI=1S/C18H17N2OP/c1-14-13-15(2)20-18(19-14)22(21,16-9-5-3-6-10-16)17-11-7-4-8-12-17/h3-13H,1-2H3. The fourth-order valence-corrected chi connectivity index (χ4v) is 5.05. The molecular formula is C18H17N2OP. The Hall–Kier alpha value is -2.25. The lowest BCUT2D eigenvalue weighted by Crippen LogP contribution is -2.30. The normalized spacial score (nSPS) is 11.4. The third kappa shape index (κ3) is 2.60. The summed E-state index contributed by atoms with van der Waals surface area (Å²) in [6, 6.07) is 20.8. The SMILES string of the molecule is Cc1cc(C)nc(P(=O)(c2ccccc2)c2ccccc2)n1. The average molecular weight is 308 g/mol.